The van der Waals surface area contributed by atoms with Crippen LogP contribution in [-0.4, -0.2) is 26.3 Å². The molecule has 1 unspecified atom stereocenters. The molecule has 0 radical (unpaired) electrons. The fraction of sp³-hybridized carbons (Fsp3) is 0.120. The Balaban J connectivity index is 1.58. The summed E-state index contributed by atoms with van der Waals surface area (Å²) < 4.78 is 0. The molecule has 0 aliphatic carbocycles. The first-order valence-corrected chi connectivity index (χ1v) is 10.9. The van der Waals surface area contributed by atoms with Gasteiger partial charge in [0.15, 0.2) is 0 Å². The molecule has 4 aromatic rings. The second kappa shape index (κ2) is 9.53. The van der Waals surface area contributed by atoms with E-state index in [4.69, 9.17) is 4.98 Å². The molecular weight excluding hydrogens is 404 g/mol. The van der Waals surface area contributed by atoms with E-state index >= 15 is 0 Å². The number of aryl methyl sites for hydroxylation is 1. The minimum absolute atomic E-state index is 0.106. The number of hydrogen-bond donors (Lipinski definition) is 1. The van der Waals surface area contributed by atoms with Gasteiger partial charge in [0.05, 0.1) is 5.25 Å². The van der Waals surface area contributed by atoms with Gasteiger partial charge in [-0.25, -0.2) is 4.98 Å². The number of aromatic nitrogens is 3. The summed E-state index contributed by atoms with van der Waals surface area (Å²) in [6, 6.07) is 27.5. The van der Waals surface area contributed by atoms with Crippen molar-refractivity contribution in [3.8, 4) is 22.5 Å². The van der Waals surface area contributed by atoms with E-state index in [1.54, 1.807) is 0 Å². The Morgan fingerprint density at radius 1 is 0.806 bits per heavy atom. The Morgan fingerprint density at radius 2 is 1.39 bits per heavy atom. The molecular formula is C25H22N4OS. The molecule has 5 nitrogen and oxygen atoms in total. The van der Waals surface area contributed by atoms with Crippen LogP contribution in [-0.2, 0) is 4.79 Å². The zero-order valence-corrected chi connectivity index (χ0v) is 18.1. The Hall–Kier alpha value is -3.51. The van der Waals surface area contributed by atoms with Crippen molar-refractivity contribution in [1.82, 2.24) is 15.2 Å². The molecule has 4 rings (SSSR count). The van der Waals surface area contributed by atoms with Crippen LogP contribution >= 0.6 is 11.8 Å². The average Bonchev–Trinajstić information content (AvgIpc) is 2.81. The van der Waals surface area contributed by atoms with Crippen molar-refractivity contribution in [1.29, 1.82) is 0 Å². The molecule has 0 fully saturated rings. The van der Waals surface area contributed by atoms with Gasteiger partial charge in [0.1, 0.15) is 11.4 Å². The number of anilines is 1. The molecule has 1 aromatic heterocycles. The zero-order valence-electron chi connectivity index (χ0n) is 17.3. The lowest BCUT2D eigenvalue weighted by Crippen LogP contribution is -2.22. The smallest absolute Gasteiger partial charge is 0.237 e. The lowest BCUT2D eigenvalue weighted by molar-refractivity contribution is -0.115. The third kappa shape index (κ3) is 5.16. The lowest BCUT2D eigenvalue weighted by atomic mass is 10.0. The van der Waals surface area contributed by atoms with E-state index in [1.807, 2.05) is 98.8 Å². The summed E-state index contributed by atoms with van der Waals surface area (Å²) in [7, 11) is 0. The predicted octanol–water partition coefficient (Wildman–Crippen LogP) is 5.63. The van der Waals surface area contributed by atoms with Crippen LogP contribution in [0.5, 0.6) is 0 Å². The normalized spacial score (nSPS) is 11.7. The Bertz CT molecular complexity index is 1170. The van der Waals surface area contributed by atoms with Gasteiger partial charge >= 0.3 is 0 Å². The van der Waals surface area contributed by atoms with Crippen molar-refractivity contribution < 1.29 is 4.79 Å². The van der Waals surface area contributed by atoms with Crippen LogP contribution in [0.25, 0.3) is 22.5 Å². The highest BCUT2D eigenvalue weighted by molar-refractivity contribution is 8.00. The molecule has 0 bridgehead atoms. The van der Waals surface area contributed by atoms with Crippen LogP contribution < -0.4 is 5.32 Å². The van der Waals surface area contributed by atoms with E-state index in [2.05, 4.69) is 15.5 Å². The molecule has 1 N–H and O–H groups in total. The summed E-state index contributed by atoms with van der Waals surface area (Å²) in [5, 5.41) is 11.8. The van der Waals surface area contributed by atoms with Gasteiger partial charge in [0.25, 0.3) is 0 Å². The van der Waals surface area contributed by atoms with Crippen LogP contribution in [0.3, 0.4) is 0 Å². The lowest BCUT2D eigenvalue weighted by Gasteiger charge is -2.13. The summed E-state index contributed by atoms with van der Waals surface area (Å²) in [4.78, 5) is 17.4. The van der Waals surface area contributed by atoms with Crippen molar-refractivity contribution >= 4 is 23.4 Å². The van der Waals surface area contributed by atoms with E-state index in [-0.39, 0.29) is 11.2 Å². The molecule has 31 heavy (non-hydrogen) atoms. The first-order chi connectivity index (χ1) is 15.1. The first kappa shape index (κ1) is 20.8. The topological polar surface area (TPSA) is 67.8 Å². The molecule has 1 atom stereocenters. The minimum atomic E-state index is -0.380. The van der Waals surface area contributed by atoms with Gasteiger partial charge in [-0.1, -0.05) is 90.1 Å². The summed E-state index contributed by atoms with van der Waals surface area (Å²) >= 11 is 1.29. The highest BCUT2D eigenvalue weighted by atomic mass is 32.2. The molecule has 0 aliphatic heterocycles. The van der Waals surface area contributed by atoms with E-state index in [0.29, 0.717) is 10.9 Å². The fourth-order valence-corrected chi connectivity index (χ4v) is 3.76. The van der Waals surface area contributed by atoms with Crippen LogP contribution in [0.15, 0.2) is 90.1 Å². The van der Waals surface area contributed by atoms with E-state index in [1.165, 1.54) is 11.8 Å². The second-order valence-corrected chi connectivity index (χ2v) is 8.45. The zero-order chi connectivity index (χ0) is 21.6. The minimum Gasteiger partial charge on any atom is -0.325 e. The highest BCUT2D eigenvalue weighted by Crippen LogP contribution is 2.30. The van der Waals surface area contributed by atoms with Gasteiger partial charge in [-0.3, -0.25) is 4.79 Å². The number of carbonyl (C=O) groups is 1. The number of benzene rings is 3. The summed E-state index contributed by atoms with van der Waals surface area (Å²) in [5.74, 6) is -0.106. The number of amides is 1. The van der Waals surface area contributed by atoms with Crippen LogP contribution in [0.2, 0.25) is 0 Å². The fourth-order valence-electron chi connectivity index (χ4n) is 3.04. The molecule has 0 spiro atoms. The van der Waals surface area contributed by atoms with Crippen molar-refractivity contribution in [2.45, 2.75) is 24.3 Å². The van der Waals surface area contributed by atoms with Crippen molar-refractivity contribution in [2.75, 3.05) is 5.32 Å². The largest absolute Gasteiger partial charge is 0.325 e. The maximum atomic E-state index is 12.6. The van der Waals surface area contributed by atoms with Crippen molar-refractivity contribution in [3.63, 3.8) is 0 Å². The SMILES string of the molecule is Cc1ccc(NC(=O)C(C)Sc2nnc(-c3ccccc3)c(-c3ccccc3)n2)cc1. The molecule has 0 saturated heterocycles. The van der Waals surface area contributed by atoms with Gasteiger partial charge in [0.2, 0.25) is 11.1 Å². The number of nitrogens with one attached hydrogen (secondary N) is 1. The number of nitrogens with zero attached hydrogens (tertiary/aromatic N) is 3. The number of hydrogen-bond acceptors (Lipinski definition) is 5. The standard InChI is InChI=1S/C25H22N4OS/c1-17-13-15-21(16-14-17)26-24(30)18(2)31-25-27-22(19-9-5-3-6-10-19)23(28-29-25)20-11-7-4-8-12-20/h3-16,18H,1-2H3,(H,26,30). The Morgan fingerprint density at radius 3 is 2.00 bits per heavy atom. The summed E-state index contributed by atoms with van der Waals surface area (Å²) in [6.07, 6.45) is 0. The van der Waals surface area contributed by atoms with Gasteiger partial charge in [-0.15, -0.1) is 10.2 Å². The summed E-state index contributed by atoms with van der Waals surface area (Å²) in [6.45, 7) is 3.85. The Labute approximate surface area is 186 Å². The second-order valence-electron chi connectivity index (χ2n) is 7.14. The molecule has 1 heterocycles. The first-order valence-electron chi connectivity index (χ1n) is 10.00. The third-order valence-corrected chi connectivity index (χ3v) is 5.68. The number of rotatable bonds is 6. The summed E-state index contributed by atoms with van der Waals surface area (Å²) in [5.41, 5.74) is 5.28. The third-order valence-electron chi connectivity index (χ3n) is 4.73. The average molecular weight is 427 g/mol. The number of thioether (sulfide) groups is 1. The van der Waals surface area contributed by atoms with Gasteiger partial charge in [0, 0.05) is 16.8 Å². The van der Waals surface area contributed by atoms with Gasteiger partial charge in [-0.2, -0.15) is 0 Å². The van der Waals surface area contributed by atoms with Crippen LogP contribution in [0.1, 0.15) is 12.5 Å². The monoisotopic (exact) mass is 426 g/mol. The van der Waals surface area contributed by atoms with E-state index in [0.717, 1.165) is 28.1 Å². The van der Waals surface area contributed by atoms with Gasteiger partial charge in [-0.05, 0) is 26.0 Å². The van der Waals surface area contributed by atoms with E-state index < -0.39 is 0 Å². The molecule has 3 aromatic carbocycles. The molecule has 154 valence electrons. The molecule has 0 aliphatic rings. The van der Waals surface area contributed by atoms with E-state index in [9.17, 15) is 4.79 Å². The molecule has 0 saturated carbocycles. The molecule has 1 amide bonds. The molecule has 6 heteroatoms. The maximum Gasteiger partial charge on any atom is 0.237 e. The van der Waals surface area contributed by atoms with Crippen molar-refractivity contribution in [3.05, 3.63) is 90.5 Å². The quantitative estimate of drug-likeness (QED) is 0.405. The van der Waals surface area contributed by atoms with Crippen LogP contribution in [0.4, 0.5) is 5.69 Å². The number of carbonyl (C=O) groups excluding carboxylic acids is 1. The predicted molar refractivity (Wildman–Crippen MR) is 126 cm³/mol. The van der Waals surface area contributed by atoms with Crippen molar-refractivity contribution in [2.24, 2.45) is 0 Å². The van der Waals surface area contributed by atoms with Gasteiger partial charge < -0.3 is 5.32 Å². The highest BCUT2D eigenvalue weighted by Gasteiger charge is 2.19. The van der Waals surface area contributed by atoms with Crippen LogP contribution in [0, 0.1) is 6.92 Å². The maximum absolute atomic E-state index is 12.6. The Kier molecular flexibility index (Phi) is 6.38.